The molecule has 4 nitrogen and oxygen atoms in total. The summed E-state index contributed by atoms with van der Waals surface area (Å²) in [4.78, 5) is 24.3. The third kappa shape index (κ3) is 2.97. The lowest BCUT2D eigenvalue weighted by Crippen LogP contribution is -2.44. The normalized spacial score (nSPS) is 27.0. The van der Waals surface area contributed by atoms with E-state index in [0.29, 0.717) is 12.3 Å². The van der Waals surface area contributed by atoms with E-state index >= 15 is 0 Å². The van der Waals surface area contributed by atoms with Crippen molar-refractivity contribution in [3.63, 3.8) is 0 Å². The van der Waals surface area contributed by atoms with Gasteiger partial charge in [0.15, 0.2) is 0 Å². The van der Waals surface area contributed by atoms with Gasteiger partial charge in [-0.1, -0.05) is 13.8 Å². The zero-order chi connectivity index (χ0) is 12.3. The Balaban J connectivity index is 2.86. The number of rotatable bonds is 3. The van der Waals surface area contributed by atoms with E-state index in [4.69, 9.17) is 5.11 Å². The van der Waals surface area contributed by atoms with E-state index < -0.39 is 5.97 Å². The fourth-order valence-electron chi connectivity index (χ4n) is 2.78. The average molecular weight is 227 g/mol. The molecule has 1 rings (SSSR count). The summed E-state index contributed by atoms with van der Waals surface area (Å²) in [5, 5.41) is 8.91. The maximum absolute atomic E-state index is 11.7. The lowest BCUT2D eigenvalue weighted by molar-refractivity contribution is -0.140. The van der Waals surface area contributed by atoms with Gasteiger partial charge >= 0.3 is 5.97 Å². The SMILES string of the molecule is CC(C)[C@@H]1[C@@H](CC(=O)O)CCCC(=O)N1C. The van der Waals surface area contributed by atoms with Gasteiger partial charge in [-0.2, -0.15) is 0 Å². The molecule has 0 bridgehead atoms. The summed E-state index contributed by atoms with van der Waals surface area (Å²) < 4.78 is 0. The fraction of sp³-hybridized carbons (Fsp3) is 0.833. The van der Waals surface area contributed by atoms with Crippen molar-refractivity contribution in [1.29, 1.82) is 0 Å². The molecule has 0 radical (unpaired) electrons. The van der Waals surface area contributed by atoms with Crippen molar-refractivity contribution in [2.45, 2.75) is 45.6 Å². The standard InChI is InChI=1S/C12H21NO3/c1-8(2)12-9(7-11(15)16)5-4-6-10(14)13(12)3/h8-9,12H,4-7H2,1-3H3,(H,15,16)/t9-,12-/m1/s1. The quantitative estimate of drug-likeness (QED) is 0.799. The molecule has 0 spiro atoms. The number of carboxylic acid groups (broad SMARTS) is 1. The molecule has 0 aromatic carbocycles. The minimum absolute atomic E-state index is 0.0612. The van der Waals surface area contributed by atoms with Gasteiger partial charge in [0.25, 0.3) is 0 Å². The van der Waals surface area contributed by atoms with Crippen LogP contribution >= 0.6 is 0 Å². The van der Waals surface area contributed by atoms with Crippen LogP contribution in [0.15, 0.2) is 0 Å². The molecular formula is C12H21NO3. The highest BCUT2D eigenvalue weighted by atomic mass is 16.4. The molecule has 1 aliphatic rings. The molecule has 0 aliphatic carbocycles. The van der Waals surface area contributed by atoms with Crippen molar-refractivity contribution in [3.8, 4) is 0 Å². The summed E-state index contributed by atoms with van der Waals surface area (Å²) in [5.74, 6) is -0.227. The number of aliphatic carboxylic acids is 1. The Hall–Kier alpha value is -1.06. The Morgan fingerprint density at radius 1 is 1.56 bits per heavy atom. The van der Waals surface area contributed by atoms with Gasteiger partial charge in [0.2, 0.25) is 5.91 Å². The molecule has 0 saturated carbocycles. The number of likely N-dealkylation sites (tertiary alicyclic amines) is 1. The Morgan fingerprint density at radius 2 is 2.19 bits per heavy atom. The molecule has 0 aromatic heterocycles. The van der Waals surface area contributed by atoms with Crippen molar-refractivity contribution in [2.75, 3.05) is 7.05 Å². The molecule has 1 aliphatic heterocycles. The van der Waals surface area contributed by atoms with Gasteiger partial charge in [-0.25, -0.2) is 0 Å². The average Bonchev–Trinajstić information content (AvgIpc) is 2.26. The highest BCUT2D eigenvalue weighted by Gasteiger charge is 2.34. The Labute approximate surface area is 96.6 Å². The summed E-state index contributed by atoms with van der Waals surface area (Å²) in [7, 11) is 1.80. The number of amides is 1. The number of carbonyl (C=O) groups is 2. The second kappa shape index (κ2) is 5.32. The van der Waals surface area contributed by atoms with E-state index in [9.17, 15) is 9.59 Å². The second-order valence-electron chi connectivity index (χ2n) is 4.99. The lowest BCUT2D eigenvalue weighted by Gasteiger charge is -2.34. The molecule has 1 amide bonds. The summed E-state index contributed by atoms with van der Waals surface area (Å²) in [6.45, 7) is 4.10. The molecule has 1 heterocycles. The van der Waals surface area contributed by atoms with Crippen molar-refractivity contribution in [1.82, 2.24) is 4.90 Å². The van der Waals surface area contributed by atoms with Gasteiger partial charge in [-0.15, -0.1) is 0 Å². The van der Waals surface area contributed by atoms with Crippen LogP contribution in [0.3, 0.4) is 0 Å². The summed E-state index contributed by atoms with van der Waals surface area (Å²) in [6.07, 6.45) is 2.37. The van der Waals surface area contributed by atoms with Crippen LogP contribution in [0.4, 0.5) is 0 Å². The Bertz CT molecular complexity index is 275. The minimum Gasteiger partial charge on any atom is -0.481 e. The Morgan fingerprint density at radius 3 is 2.69 bits per heavy atom. The first-order valence-electron chi connectivity index (χ1n) is 5.91. The van der Waals surface area contributed by atoms with E-state index in [1.807, 2.05) is 0 Å². The summed E-state index contributed by atoms with van der Waals surface area (Å²) >= 11 is 0. The molecule has 1 fully saturated rings. The maximum atomic E-state index is 11.7. The van der Waals surface area contributed by atoms with E-state index in [0.717, 1.165) is 12.8 Å². The minimum atomic E-state index is -0.765. The van der Waals surface area contributed by atoms with Crippen LogP contribution < -0.4 is 0 Å². The van der Waals surface area contributed by atoms with Gasteiger partial charge in [0.1, 0.15) is 0 Å². The summed E-state index contributed by atoms with van der Waals surface area (Å²) in [5.41, 5.74) is 0. The monoisotopic (exact) mass is 227 g/mol. The number of carbonyl (C=O) groups excluding carboxylic acids is 1. The van der Waals surface area contributed by atoms with Crippen LogP contribution in [0, 0.1) is 11.8 Å². The van der Waals surface area contributed by atoms with Crippen molar-refractivity contribution < 1.29 is 14.7 Å². The smallest absolute Gasteiger partial charge is 0.303 e. The lowest BCUT2D eigenvalue weighted by atomic mass is 9.85. The molecule has 0 unspecified atom stereocenters. The van der Waals surface area contributed by atoms with Gasteiger partial charge in [-0.05, 0) is 24.7 Å². The number of nitrogens with zero attached hydrogens (tertiary/aromatic N) is 1. The first kappa shape index (κ1) is 13.0. The molecular weight excluding hydrogens is 206 g/mol. The fourth-order valence-corrected chi connectivity index (χ4v) is 2.78. The molecule has 92 valence electrons. The van der Waals surface area contributed by atoms with E-state index in [2.05, 4.69) is 13.8 Å². The van der Waals surface area contributed by atoms with Gasteiger partial charge in [0.05, 0.1) is 6.42 Å². The first-order chi connectivity index (χ1) is 7.43. The van der Waals surface area contributed by atoms with Crippen molar-refractivity contribution in [3.05, 3.63) is 0 Å². The molecule has 16 heavy (non-hydrogen) atoms. The topological polar surface area (TPSA) is 57.6 Å². The van der Waals surface area contributed by atoms with Crippen LogP contribution in [0.25, 0.3) is 0 Å². The number of carboxylic acids is 1. The highest BCUT2D eigenvalue weighted by Crippen LogP contribution is 2.29. The predicted molar refractivity (Wildman–Crippen MR) is 61.0 cm³/mol. The van der Waals surface area contributed by atoms with Crippen molar-refractivity contribution in [2.24, 2.45) is 11.8 Å². The second-order valence-corrected chi connectivity index (χ2v) is 4.99. The van der Waals surface area contributed by atoms with Crippen LogP contribution in [0.5, 0.6) is 0 Å². The molecule has 2 atom stereocenters. The summed E-state index contributed by atoms with van der Waals surface area (Å²) in [6, 6.07) is 0.0612. The largest absolute Gasteiger partial charge is 0.481 e. The van der Waals surface area contributed by atoms with E-state index in [1.54, 1.807) is 11.9 Å². The predicted octanol–water partition coefficient (Wildman–Crippen LogP) is 1.74. The number of hydrogen-bond donors (Lipinski definition) is 1. The zero-order valence-corrected chi connectivity index (χ0v) is 10.3. The molecule has 1 saturated heterocycles. The van der Waals surface area contributed by atoms with Crippen LogP contribution in [0.1, 0.15) is 39.5 Å². The van der Waals surface area contributed by atoms with Crippen molar-refractivity contribution >= 4 is 11.9 Å². The van der Waals surface area contributed by atoms with Crippen LogP contribution in [0.2, 0.25) is 0 Å². The highest BCUT2D eigenvalue weighted by molar-refractivity contribution is 5.76. The van der Waals surface area contributed by atoms with E-state index in [-0.39, 0.29) is 24.3 Å². The molecule has 0 aromatic rings. The zero-order valence-electron chi connectivity index (χ0n) is 10.3. The molecule has 1 N–H and O–H groups in total. The van der Waals surface area contributed by atoms with Gasteiger partial charge in [0, 0.05) is 19.5 Å². The van der Waals surface area contributed by atoms with Gasteiger partial charge in [-0.3, -0.25) is 9.59 Å². The van der Waals surface area contributed by atoms with Crippen LogP contribution in [-0.2, 0) is 9.59 Å². The van der Waals surface area contributed by atoms with Gasteiger partial charge < -0.3 is 10.0 Å². The Kier molecular flexibility index (Phi) is 4.33. The third-order valence-corrected chi connectivity index (χ3v) is 3.41. The molecule has 4 heteroatoms. The number of hydrogen-bond acceptors (Lipinski definition) is 2. The third-order valence-electron chi connectivity index (χ3n) is 3.41. The van der Waals surface area contributed by atoms with E-state index in [1.165, 1.54) is 0 Å². The maximum Gasteiger partial charge on any atom is 0.303 e. The van der Waals surface area contributed by atoms with Crippen LogP contribution in [-0.4, -0.2) is 35.0 Å². The first-order valence-corrected chi connectivity index (χ1v) is 5.91.